The summed E-state index contributed by atoms with van der Waals surface area (Å²) in [6, 6.07) is 7.34. The van der Waals surface area contributed by atoms with E-state index in [4.69, 9.17) is 9.84 Å². The van der Waals surface area contributed by atoms with E-state index in [-0.39, 0.29) is 5.57 Å². The van der Waals surface area contributed by atoms with Crippen LogP contribution in [-0.4, -0.2) is 11.1 Å². The molecule has 0 fully saturated rings. The van der Waals surface area contributed by atoms with E-state index in [0.717, 1.165) is 11.1 Å². The SMILES string of the molecule is O=C(O)C1=COCc2ccccc21. The monoisotopic (exact) mass is 176 g/mol. The molecule has 66 valence electrons. The van der Waals surface area contributed by atoms with Crippen molar-refractivity contribution < 1.29 is 14.6 Å². The van der Waals surface area contributed by atoms with Gasteiger partial charge in [0.15, 0.2) is 0 Å². The average Bonchev–Trinajstić information content (AvgIpc) is 2.17. The highest BCUT2D eigenvalue weighted by Gasteiger charge is 2.17. The number of carboxylic acid groups (broad SMARTS) is 1. The predicted octanol–water partition coefficient (Wildman–Crippen LogP) is 1.64. The van der Waals surface area contributed by atoms with Crippen LogP contribution in [0.2, 0.25) is 0 Å². The Morgan fingerprint density at radius 3 is 2.92 bits per heavy atom. The average molecular weight is 176 g/mol. The van der Waals surface area contributed by atoms with Gasteiger partial charge in [0.2, 0.25) is 0 Å². The van der Waals surface area contributed by atoms with Crippen LogP contribution in [0.25, 0.3) is 5.57 Å². The van der Waals surface area contributed by atoms with Crippen LogP contribution in [-0.2, 0) is 16.1 Å². The molecule has 3 heteroatoms. The summed E-state index contributed by atoms with van der Waals surface area (Å²) >= 11 is 0. The Morgan fingerprint density at radius 1 is 1.38 bits per heavy atom. The zero-order valence-electron chi connectivity index (χ0n) is 6.86. The molecule has 2 rings (SSSR count). The van der Waals surface area contributed by atoms with Gasteiger partial charge < -0.3 is 9.84 Å². The van der Waals surface area contributed by atoms with E-state index in [0.29, 0.717) is 6.61 Å². The molecule has 0 spiro atoms. The lowest BCUT2D eigenvalue weighted by Gasteiger charge is -2.14. The molecule has 1 aromatic carbocycles. The van der Waals surface area contributed by atoms with E-state index in [1.807, 2.05) is 18.2 Å². The molecular formula is C10H8O3. The minimum Gasteiger partial charge on any atom is -0.496 e. The van der Waals surface area contributed by atoms with Gasteiger partial charge in [-0.05, 0) is 11.1 Å². The minimum absolute atomic E-state index is 0.224. The fraction of sp³-hybridized carbons (Fsp3) is 0.100. The van der Waals surface area contributed by atoms with Crippen molar-refractivity contribution in [1.29, 1.82) is 0 Å². The molecule has 0 radical (unpaired) electrons. The zero-order chi connectivity index (χ0) is 9.26. The van der Waals surface area contributed by atoms with Crippen LogP contribution < -0.4 is 0 Å². The third-order valence-corrected chi connectivity index (χ3v) is 1.98. The van der Waals surface area contributed by atoms with Crippen LogP contribution in [0.5, 0.6) is 0 Å². The van der Waals surface area contributed by atoms with E-state index in [9.17, 15) is 4.79 Å². The Kier molecular flexibility index (Phi) is 1.77. The summed E-state index contributed by atoms with van der Waals surface area (Å²) in [5, 5.41) is 8.84. The second-order valence-electron chi connectivity index (χ2n) is 2.80. The fourth-order valence-electron chi connectivity index (χ4n) is 1.35. The summed E-state index contributed by atoms with van der Waals surface area (Å²) in [4.78, 5) is 10.8. The normalized spacial score (nSPS) is 14.0. The van der Waals surface area contributed by atoms with Gasteiger partial charge in [-0.2, -0.15) is 0 Å². The molecule has 0 saturated heterocycles. The first-order chi connectivity index (χ1) is 6.29. The van der Waals surface area contributed by atoms with Crippen molar-refractivity contribution in [3.05, 3.63) is 41.7 Å². The molecule has 0 unspecified atom stereocenters. The van der Waals surface area contributed by atoms with Crippen molar-refractivity contribution in [1.82, 2.24) is 0 Å². The van der Waals surface area contributed by atoms with Crippen LogP contribution in [0.15, 0.2) is 30.5 Å². The largest absolute Gasteiger partial charge is 0.496 e. The lowest BCUT2D eigenvalue weighted by atomic mass is 10.00. The smallest absolute Gasteiger partial charge is 0.339 e. The standard InChI is InChI=1S/C10H8O3/c11-10(12)9-6-13-5-7-3-1-2-4-8(7)9/h1-4,6H,5H2,(H,11,12). The number of aliphatic carboxylic acids is 1. The molecule has 1 aliphatic heterocycles. The molecule has 0 aliphatic carbocycles. The maximum absolute atomic E-state index is 10.8. The third kappa shape index (κ3) is 1.28. The van der Waals surface area contributed by atoms with E-state index >= 15 is 0 Å². The van der Waals surface area contributed by atoms with Gasteiger partial charge in [0.1, 0.15) is 12.2 Å². The van der Waals surface area contributed by atoms with Crippen molar-refractivity contribution in [2.75, 3.05) is 0 Å². The molecule has 1 heterocycles. The highest BCUT2D eigenvalue weighted by Crippen LogP contribution is 2.24. The van der Waals surface area contributed by atoms with Crippen LogP contribution in [0, 0.1) is 0 Å². The molecule has 1 aromatic rings. The molecule has 1 N–H and O–H groups in total. The molecule has 0 saturated carbocycles. The number of carboxylic acids is 1. The number of ether oxygens (including phenoxy) is 1. The van der Waals surface area contributed by atoms with Gasteiger partial charge in [-0.15, -0.1) is 0 Å². The van der Waals surface area contributed by atoms with E-state index in [1.165, 1.54) is 6.26 Å². The molecule has 0 bridgehead atoms. The topological polar surface area (TPSA) is 46.5 Å². The van der Waals surface area contributed by atoms with Gasteiger partial charge in [0, 0.05) is 0 Å². The third-order valence-electron chi connectivity index (χ3n) is 1.98. The lowest BCUT2D eigenvalue weighted by molar-refractivity contribution is -0.130. The van der Waals surface area contributed by atoms with E-state index in [1.54, 1.807) is 6.07 Å². The van der Waals surface area contributed by atoms with Crippen molar-refractivity contribution in [3.63, 3.8) is 0 Å². The maximum Gasteiger partial charge on any atom is 0.339 e. The molecule has 1 aliphatic rings. The lowest BCUT2D eigenvalue weighted by Crippen LogP contribution is -2.08. The van der Waals surface area contributed by atoms with Gasteiger partial charge in [0.05, 0.1) is 6.26 Å². The summed E-state index contributed by atoms with van der Waals surface area (Å²) < 4.78 is 5.03. The number of fused-ring (bicyclic) bond motifs is 1. The zero-order valence-corrected chi connectivity index (χ0v) is 6.86. The van der Waals surface area contributed by atoms with Crippen LogP contribution in [0.3, 0.4) is 0 Å². The quantitative estimate of drug-likeness (QED) is 0.707. The molecular weight excluding hydrogens is 168 g/mol. The molecule has 3 nitrogen and oxygen atoms in total. The number of hydrogen-bond donors (Lipinski definition) is 1. The van der Waals surface area contributed by atoms with Gasteiger partial charge >= 0.3 is 5.97 Å². The van der Waals surface area contributed by atoms with Crippen LogP contribution in [0.4, 0.5) is 0 Å². The van der Waals surface area contributed by atoms with Crippen molar-refractivity contribution in [2.45, 2.75) is 6.61 Å². The van der Waals surface area contributed by atoms with Crippen molar-refractivity contribution in [2.24, 2.45) is 0 Å². The highest BCUT2D eigenvalue weighted by molar-refractivity contribution is 6.15. The molecule has 0 aromatic heterocycles. The summed E-state index contributed by atoms with van der Waals surface area (Å²) in [5.41, 5.74) is 1.89. The second-order valence-corrected chi connectivity index (χ2v) is 2.80. The number of rotatable bonds is 1. The maximum atomic E-state index is 10.8. The summed E-state index contributed by atoms with van der Waals surface area (Å²) in [5.74, 6) is -0.952. The summed E-state index contributed by atoms with van der Waals surface area (Å²) in [7, 11) is 0. The molecule has 13 heavy (non-hydrogen) atoms. The number of hydrogen-bond acceptors (Lipinski definition) is 2. The van der Waals surface area contributed by atoms with Gasteiger partial charge in [-0.1, -0.05) is 24.3 Å². The predicted molar refractivity (Wildman–Crippen MR) is 46.8 cm³/mol. The van der Waals surface area contributed by atoms with E-state index < -0.39 is 5.97 Å². The van der Waals surface area contributed by atoms with Crippen LogP contribution >= 0.6 is 0 Å². The Morgan fingerprint density at radius 2 is 2.15 bits per heavy atom. The summed E-state index contributed by atoms with van der Waals surface area (Å²) in [6.45, 7) is 0.451. The highest BCUT2D eigenvalue weighted by atomic mass is 16.5. The first-order valence-corrected chi connectivity index (χ1v) is 3.92. The Bertz CT molecular complexity index is 380. The molecule has 0 atom stereocenters. The minimum atomic E-state index is -0.952. The van der Waals surface area contributed by atoms with Crippen LogP contribution in [0.1, 0.15) is 11.1 Å². The van der Waals surface area contributed by atoms with Crippen molar-refractivity contribution in [3.8, 4) is 0 Å². The first kappa shape index (κ1) is 7.86. The second kappa shape index (κ2) is 2.94. The first-order valence-electron chi connectivity index (χ1n) is 3.92. The molecule has 0 amide bonds. The Balaban J connectivity index is 2.53. The van der Waals surface area contributed by atoms with E-state index in [2.05, 4.69) is 0 Å². The fourth-order valence-corrected chi connectivity index (χ4v) is 1.35. The number of benzene rings is 1. The Hall–Kier alpha value is -1.77. The van der Waals surface area contributed by atoms with Gasteiger partial charge in [0.25, 0.3) is 0 Å². The van der Waals surface area contributed by atoms with Gasteiger partial charge in [-0.25, -0.2) is 4.79 Å². The Labute approximate surface area is 75.3 Å². The van der Waals surface area contributed by atoms with Gasteiger partial charge in [-0.3, -0.25) is 0 Å². The number of carbonyl (C=O) groups is 1. The van der Waals surface area contributed by atoms with Crippen molar-refractivity contribution >= 4 is 11.5 Å². The summed E-state index contributed by atoms with van der Waals surface area (Å²) in [6.07, 6.45) is 1.30.